The van der Waals surface area contributed by atoms with E-state index in [0.717, 1.165) is 24.3 Å². The smallest absolute Gasteiger partial charge is 0.258 e. The third-order valence-corrected chi connectivity index (χ3v) is 5.33. The highest BCUT2D eigenvalue weighted by atomic mass is 32.2. The molecule has 0 N–H and O–H groups in total. The van der Waals surface area contributed by atoms with Crippen LogP contribution in [0.5, 0.6) is 0 Å². The Bertz CT molecular complexity index is 828. The fourth-order valence-electron chi connectivity index (χ4n) is 2.99. The first kappa shape index (κ1) is 22.3. The predicted molar refractivity (Wildman–Crippen MR) is 90.4 cm³/mol. The average Bonchev–Trinajstić information content (AvgIpc) is 2.52. The van der Waals surface area contributed by atoms with E-state index in [4.69, 9.17) is 0 Å². The average molecular weight is 429 g/mol. The summed E-state index contributed by atoms with van der Waals surface area (Å²) in [6.07, 6.45) is -4.11. The quantitative estimate of drug-likeness (QED) is 0.229. The molecule has 0 radical (unpaired) electrons. The summed E-state index contributed by atoms with van der Waals surface area (Å²) >= 11 is -0.964. The summed E-state index contributed by atoms with van der Waals surface area (Å²) in [6, 6.07) is 4.52. The van der Waals surface area contributed by atoms with E-state index < -0.39 is 50.0 Å². The summed E-state index contributed by atoms with van der Waals surface area (Å²) < 4.78 is 91.1. The van der Waals surface area contributed by atoms with Crippen LogP contribution >= 0.6 is 11.8 Å². The van der Waals surface area contributed by atoms with Crippen molar-refractivity contribution in [1.82, 2.24) is 0 Å². The lowest BCUT2D eigenvalue weighted by atomic mass is 9.86. The zero-order valence-corrected chi connectivity index (χ0v) is 15.3. The Morgan fingerprint density at radius 1 is 1.00 bits per heavy atom. The van der Waals surface area contributed by atoms with Gasteiger partial charge in [-0.2, -0.15) is 30.7 Å². The molecule has 0 saturated carbocycles. The standard InChI is InChI=1S/C17H14F7NO2S/c1-10-7-11(2)9-14(8-10,12-5-3-4-6-13(12)25(26)27)28-17(23,24)15(18,19)16(20,21)22/h3-6,8-9H,7H2,1-2H3. The van der Waals surface area contributed by atoms with Crippen molar-refractivity contribution in [3.63, 3.8) is 0 Å². The lowest BCUT2D eigenvalue weighted by molar-refractivity contribution is -0.385. The molecule has 0 amide bonds. The molecule has 0 fully saturated rings. The van der Waals surface area contributed by atoms with Crippen molar-refractivity contribution in [3.05, 3.63) is 63.2 Å². The van der Waals surface area contributed by atoms with Gasteiger partial charge in [-0.3, -0.25) is 10.1 Å². The molecular weight excluding hydrogens is 415 g/mol. The summed E-state index contributed by atoms with van der Waals surface area (Å²) in [5, 5.41) is 5.73. The lowest BCUT2D eigenvalue weighted by Gasteiger charge is -2.37. The molecule has 0 atom stereocenters. The van der Waals surface area contributed by atoms with Gasteiger partial charge < -0.3 is 0 Å². The highest BCUT2D eigenvalue weighted by molar-refractivity contribution is 8.01. The topological polar surface area (TPSA) is 43.1 Å². The number of nitro groups is 1. The SMILES string of the molecule is CC1=CC(SC(F)(F)C(F)(F)C(F)(F)F)(c2ccccc2[N+](=O)[O-])C=C(C)C1. The van der Waals surface area contributed by atoms with E-state index in [1.807, 2.05) is 0 Å². The Balaban J connectivity index is 2.74. The first-order valence-corrected chi connectivity index (χ1v) is 8.58. The fraction of sp³-hybridized carbons (Fsp3) is 0.412. The van der Waals surface area contributed by atoms with Crippen LogP contribution in [-0.4, -0.2) is 22.3 Å². The van der Waals surface area contributed by atoms with Crippen molar-refractivity contribution in [2.45, 2.75) is 42.4 Å². The van der Waals surface area contributed by atoms with Crippen LogP contribution in [0.25, 0.3) is 0 Å². The van der Waals surface area contributed by atoms with Gasteiger partial charge in [-0.1, -0.05) is 53.3 Å². The Morgan fingerprint density at radius 2 is 1.50 bits per heavy atom. The van der Waals surface area contributed by atoms with Crippen molar-refractivity contribution in [3.8, 4) is 0 Å². The zero-order valence-electron chi connectivity index (χ0n) is 14.5. The molecule has 1 aromatic carbocycles. The van der Waals surface area contributed by atoms with E-state index in [-0.39, 0.29) is 6.42 Å². The van der Waals surface area contributed by atoms with Crippen LogP contribution in [0, 0.1) is 10.1 Å². The van der Waals surface area contributed by atoms with Crippen LogP contribution in [0.2, 0.25) is 0 Å². The predicted octanol–water partition coefficient (Wildman–Crippen LogP) is 6.61. The Hall–Kier alpha value is -2.04. The van der Waals surface area contributed by atoms with Gasteiger partial charge in [-0.25, -0.2) is 0 Å². The maximum absolute atomic E-state index is 14.3. The molecule has 28 heavy (non-hydrogen) atoms. The van der Waals surface area contributed by atoms with E-state index in [0.29, 0.717) is 11.1 Å². The summed E-state index contributed by atoms with van der Waals surface area (Å²) in [5.74, 6) is -6.35. The highest BCUT2D eigenvalue weighted by Gasteiger charge is 2.74. The van der Waals surface area contributed by atoms with Gasteiger partial charge in [0, 0.05) is 6.07 Å². The number of nitrogens with zero attached hydrogens (tertiary/aromatic N) is 1. The number of hydrogen-bond donors (Lipinski definition) is 0. The van der Waals surface area contributed by atoms with E-state index >= 15 is 0 Å². The monoisotopic (exact) mass is 429 g/mol. The molecule has 0 aliphatic heterocycles. The van der Waals surface area contributed by atoms with Gasteiger partial charge in [0.15, 0.2) is 0 Å². The molecule has 3 nitrogen and oxygen atoms in total. The number of alkyl halides is 7. The molecule has 0 unspecified atom stereocenters. The van der Waals surface area contributed by atoms with E-state index in [2.05, 4.69) is 0 Å². The first-order chi connectivity index (χ1) is 12.6. The van der Waals surface area contributed by atoms with E-state index in [1.54, 1.807) is 0 Å². The normalized spacial score (nSPS) is 17.8. The number of nitro benzene ring substituents is 1. The van der Waals surface area contributed by atoms with Crippen LogP contribution < -0.4 is 0 Å². The van der Waals surface area contributed by atoms with Crippen LogP contribution in [-0.2, 0) is 4.75 Å². The van der Waals surface area contributed by atoms with Gasteiger partial charge in [-0.05, 0) is 20.3 Å². The second kappa shape index (κ2) is 7.09. The third kappa shape index (κ3) is 3.89. The van der Waals surface area contributed by atoms with E-state index in [1.165, 1.54) is 26.0 Å². The van der Waals surface area contributed by atoms with Crippen molar-refractivity contribution in [2.24, 2.45) is 0 Å². The van der Waals surface area contributed by atoms with E-state index in [9.17, 15) is 40.8 Å². The van der Waals surface area contributed by atoms with Crippen LogP contribution in [0.1, 0.15) is 25.8 Å². The highest BCUT2D eigenvalue weighted by Crippen LogP contribution is 2.60. The molecule has 1 aliphatic carbocycles. The van der Waals surface area contributed by atoms with Crippen LogP contribution in [0.4, 0.5) is 36.4 Å². The van der Waals surface area contributed by atoms with Gasteiger partial charge in [0.05, 0.1) is 15.2 Å². The zero-order chi connectivity index (χ0) is 21.5. The maximum Gasteiger partial charge on any atom is 0.460 e. The van der Waals surface area contributed by atoms with Crippen molar-refractivity contribution >= 4 is 17.4 Å². The first-order valence-electron chi connectivity index (χ1n) is 7.76. The molecular formula is C17H14F7NO2S. The lowest BCUT2D eigenvalue weighted by Crippen LogP contribution is -2.51. The largest absolute Gasteiger partial charge is 0.460 e. The van der Waals surface area contributed by atoms with Crippen LogP contribution in [0.3, 0.4) is 0 Å². The molecule has 1 aliphatic rings. The second-order valence-electron chi connectivity index (χ2n) is 6.42. The van der Waals surface area contributed by atoms with Crippen molar-refractivity contribution < 1.29 is 35.7 Å². The molecule has 0 saturated heterocycles. The summed E-state index contributed by atoms with van der Waals surface area (Å²) in [6.45, 7) is 2.95. The molecule has 2 rings (SSSR count). The minimum Gasteiger partial charge on any atom is -0.258 e. The molecule has 154 valence electrons. The maximum atomic E-state index is 14.3. The van der Waals surface area contributed by atoms with Gasteiger partial charge in [-0.15, -0.1) is 0 Å². The summed E-state index contributed by atoms with van der Waals surface area (Å²) in [5.41, 5.74) is -0.286. The summed E-state index contributed by atoms with van der Waals surface area (Å²) in [7, 11) is 0. The van der Waals surface area contributed by atoms with Gasteiger partial charge in [0.25, 0.3) is 5.69 Å². The third-order valence-electron chi connectivity index (χ3n) is 4.02. The number of hydrogen-bond acceptors (Lipinski definition) is 3. The number of allylic oxidation sites excluding steroid dienone is 2. The van der Waals surface area contributed by atoms with Crippen LogP contribution in [0.15, 0.2) is 47.6 Å². The summed E-state index contributed by atoms with van der Waals surface area (Å²) in [4.78, 5) is 10.4. The fourth-order valence-corrected chi connectivity index (χ4v) is 4.46. The van der Waals surface area contributed by atoms with Gasteiger partial charge in [0.2, 0.25) is 0 Å². The molecule has 0 heterocycles. The molecule has 0 spiro atoms. The van der Waals surface area contributed by atoms with Gasteiger partial charge >= 0.3 is 17.4 Å². The molecule has 0 aromatic heterocycles. The van der Waals surface area contributed by atoms with Crippen molar-refractivity contribution in [1.29, 1.82) is 0 Å². The molecule has 0 bridgehead atoms. The Labute approximate surface area is 159 Å². The molecule has 11 heteroatoms. The minimum absolute atomic E-state index is 0.268. The van der Waals surface area contributed by atoms with Gasteiger partial charge in [0.1, 0.15) is 0 Å². The Morgan fingerprint density at radius 3 is 1.96 bits per heavy atom. The number of benzene rings is 1. The minimum atomic E-state index is -6.50. The number of thioether (sulfide) groups is 1. The number of halogens is 7. The molecule has 1 aromatic rings. The Kier molecular flexibility index (Phi) is 5.63. The second-order valence-corrected chi connectivity index (χ2v) is 7.81. The van der Waals surface area contributed by atoms with Crippen molar-refractivity contribution in [2.75, 3.05) is 0 Å². The number of para-hydroxylation sites is 1. The number of rotatable bonds is 5.